The Bertz CT molecular complexity index is 1320. The summed E-state index contributed by atoms with van der Waals surface area (Å²) in [5.74, 6) is -2.09. The minimum absolute atomic E-state index is 0.142. The van der Waals surface area contributed by atoms with Gasteiger partial charge in [0.25, 0.3) is 0 Å². The molecule has 6 heteroatoms. The van der Waals surface area contributed by atoms with E-state index in [1.165, 1.54) is 4.90 Å². The Hall–Kier alpha value is -3.51. The molecule has 3 aromatic carbocycles. The van der Waals surface area contributed by atoms with E-state index in [1.807, 2.05) is 59.5 Å². The van der Waals surface area contributed by atoms with Gasteiger partial charge in [0.1, 0.15) is 6.04 Å². The van der Waals surface area contributed by atoms with Gasteiger partial charge >= 0.3 is 0 Å². The van der Waals surface area contributed by atoms with Gasteiger partial charge in [0, 0.05) is 15.7 Å². The maximum absolute atomic E-state index is 13.8. The van der Waals surface area contributed by atoms with Crippen molar-refractivity contribution >= 4 is 51.0 Å². The van der Waals surface area contributed by atoms with Gasteiger partial charge in [0.15, 0.2) is 5.78 Å². The zero-order valence-corrected chi connectivity index (χ0v) is 19.1. The number of halogens is 1. The van der Waals surface area contributed by atoms with Crippen molar-refractivity contribution in [1.82, 2.24) is 0 Å². The summed E-state index contributed by atoms with van der Waals surface area (Å²) in [5, 5.41) is 0. The molecule has 0 saturated carbocycles. The van der Waals surface area contributed by atoms with Crippen molar-refractivity contribution < 1.29 is 14.4 Å². The lowest BCUT2D eigenvalue weighted by molar-refractivity contribution is -0.122. The van der Waals surface area contributed by atoms with E-state index in [4.69, 9.17) is 0 Å². The van der Waals surface area contributed by atoms with E-state index in [0.717, 1.165) is 15.7 Å². The summed E-state index contributed by atoms with van der Waals surface area (Å²) in [6, 6.07) is 22.8. The molecule has 3 aromatic rings. The van der Waals surface area contributed by atoms with Gasteiger partial charge in [-0.15, -0.1) is 0 Å². The van der Waals surface area contributed by atoms with Crippen LogP contribution in [0.1, 0.15) is 15.9 Å². The van der Waals surface area contributed by atoms with Gasteiger partial charge in [-0.3, -0.25) is 14.4 Å². The highest BCUT2D eigenvalue weighted by atomic mass is 79.9. The van der Waals surface area contributed by atoms with Crippen LogP contribution in [0.15, 0.2) is 89.4 Å². The first-order chi connectivity index (χ1) is 16.1. The Morgan fingerprint density at radius 1 is 0.788 bits per heavy atom. The molecule has 162 valence electrons. The second-order valence-corrected chi connectivity index (χ2v) is 9.45. The molecular formula is C27H19BrN2O3. The number of rotatable bonds is 3. The highest BCUT2D eigenvalue weighted by Gasteiger charge is 2.64. The molecule has 4 atom stereocenters. The van der Waals surface area contributed by atoms with Crippen LogP contribution in [0.25, 0.3) is 6.08 Å². The van der Waals surface area contributed by atoms with Crippen molar-refractivity contribution in [3.8, 4) is 0 Å². The summed E-state index contributed by atoms with van der Waals surface area (Å²) in [6.45, 7) is 0. The van der Waals surface area contributed by atoms with Crippen molar-refractivity contribution in [2.24, 2.45) is 11.8 Å². The largest absolute Gasteiger partial charge is 0.352 e. The zero-order chi connectivity index (χ0) is 22.7. The van der Waals surface area contributed by atoms with Crippen molar-refractivity contribution in [2.45, 2.75) is 12.1 Å². The van der Waals surface area contributed by atoms with E-state index in [-0.39, 0.29) is 23.6 Å². The summed E-state index contributed by atoms with van der Waals surface area (Å²) in [6.07, 6.45) is 3.96. The molecule has 0 bridgehead atoms. The van der Waals surface area contributed by atoms with Crippen LogP contribution in [-0.4, -0.2) is 29.7 Å². The summed E-state index contributed by atoms with van der Waals surface area (Å²) >= 11 is 3.40. The molecule has 33 heavy (non-hydrogen) atoms. The topological polar surface area (TPSA) is 57.7 Å². The first-order valence-electron chi connectivity index (χ1n) is 10.8. The van der Waals surface area contributed by atoms with Gasteiger partial charge in [0.2, 0.25) is 11.8 Å². The number of para-hydroxylation sites is 1. The molecule has 2 amide bonds. The van der Waals surface area contributed by atoms with E-state index in [9.17, 15) is 14.4 Å². The first-order valence-corrected chi connectivity index (χ1v) is 11.6. The molecule has 6 rings (SSSR count). The van der Waals surface area contributed by atoms with E-state index in [0.29, 0.717) is 11.3 Å². The molecule has 3 heterocycles. The lowest BCUT2D eigenvalue weighted by atomic mass is 9.86. The maximum atomic E-state index is 13.8. The average molecular weight is 499 g/mol. The fourth-order valence-corrected chi connectivity index (χ4v) is 5.70. The highest BCUT2D eigenvalue weighted by Crippen LogP contribution is 2.49. The quantitative estimate of drug-likeness (QED) is 0.387. The van der Waals surface area contributed by atoms with Crippen LogP contribution >= 0.6 is 15.9 Å². The van der Waals surface area contributed by atoms with E-state index < -0.39 is 17.9 Å². The molecule has 0 radical (unpaired) electrons. The summed E-state index contributed by atoms with van der Waals surface area (Å²) in [7, 11) is 0. The normalized spacial score (nSPS) is 25.1. The third kappa shape index (κ3) is 2.94. The maximum Gasteiger partial charge on any atom is 0.240 e. The predicted octanol–water partition coefficient (Wildman–Crippen LogP) is 4.72. The van der Waals surface area contributed by atoms with Crippen LogP contribution in [0.3, 0.4) is 0 Å². The Morgan fingerprint density at radius 2 is 1.45 bits per heavy atom. The van der Waals surface area contributed by atoms with Crippen LogP contribution in [0.5, 0.6) is 0 Å². The third-order valence-electron chi connectivity index (χ3n) is 6.83. The molecule has 0 spiro atoms. The van der Waals surface area contributed by atoms with Gasteiger partial charge < -0.3 is 4.90 Å². The molecule has 5 nitrogen and oxygen atoms in total. The monoisotopic (exact) mass is 498 g/mol. The molecule has 2 saturated heterocycles. The second-order valence-electron chi connectivity index (χ2n) is 8.53. The second kappa shape index (κ2) is 7.52. The third-order valence-corrected chi connectivity index (χ3v) is 7.36. The number of hydrogen-bond acceptors (Lipinski definition) is 4. The number of nitrogens with zero attached hydrogens (tertiary/aromatic N) is 2. The summed E-state index contributed by atoms with van der Waals surface area (Å²) in [4.78, 5) is 44.5. The Balaban J connectivity index is 1.50. The molecule has 0 aliphatic carbocycles. The Kier molecular flexibility index (Phi) is 4.59. The number of amides is 2. The summed E-state index contributed by atoms with van der Waals surface area (Å²) in [5.41, 5.74) is 2.92. The Morgan fingerprint density at radius 3 is 2.21 bits per heavy atom. The number of hydrogen-bond donors (Lipinski definition) is 0. The number of imide groups is 1. The van der Waals surface area contributed by atoms with Gasteiger partial charge in [-0.25, -0.2) is 4.90 Å². The molecule has 3 aliphatic rings. The number of Topliss-reactive ketones (excluding diaryl/α,β-unsaturated/α-hetero) is 1. The summed E-state index contributed by atoms with van der Waals surface area (Å²) < 4.78 is 0.862. The van der Waals surface area contributed by atoms with E-state index in [2.05, 4.69) is 15.9 Å². The molecular weight excluding hydrogens is 480 g/mol. The molecule has 0 aromatic heterocycles. The van der Waals surface area contributed by atoms with Gasteiger partial charge in [-0.1, -0.05) is 76.6 Å². The number of ketones is 1. The van der Waals surface area contributed by atoms with E-state index in [1.54, 1.807) is 36.4 Å². The van der Waals surface area contributed by atoms with E-state index >= 15 is 0 Å². The molecule has 0 unspecified atom stereocenters. The average Bonchev–Trinajstić information content (AvgIpc) is 3.33. The SMILES string of the molecule is O=C(c1ccccc1)[C@@H]1[C@@H]2C(=O)N(c3ccc(Br)cc3)C(=O)[C@@H]2[C@H]2C=Cc3ccccc3N21. The lowest BCUT2D eigenvalue weighted by Crippen LogP contribution is -2.48. The standard InChI is InChI=1S/C27H19BrN2O3/c28-18-11-13-19(14-12-18)29-26(32)22-21-15-10-16-6-4-5-9-20(16)30(21)24(23(22)27(29)33)25(31)17-7-2-1-3-8-17/h1-15,21-24H/t21-,22-,23-,24+/m1/s1. The smallest absolute Gasteiger partial charge is 0.240 e. The van der Waals surface area contributed by atoms with Gasteiger partial charge in [0.05, 0.1) is 23.6 Å². The fraction of sp³-hybridized carbons (Fsp3) is 0.148. The minimum atomic E-state index is -0.759. The fourth-order valence-electron chi connectivity index (χ4n) is 5.43. The number of fused-ring (bicyclic) bond motifs is 5. The van der Waals surface area contributed by atoms with Crippen LogP contribution in [0, 0.1) is 11.8 Å². The van der Waals surface area contributed by atoms with Crippen LogP contribution < -0.4 is 9.80 Å². The highest BCUT2D eigenvalue weighted by molar-refractivity contribution is 9.10. The van der Waals surface area contributed by atoms with Crippen molar-refractivity contribution in [1.29, 1.82) is 0 Å². The van der Waals surface area contributed by atoms with Crippen LogP contribution in [0.4, 0.5) is 11.4 Å². The van der Waals surface area contributed by atoms with Crippen LogP contribution in [-0.2, 0) is 9.59 Å². The molecule has 3 aliphatic heterocycles. The zero-order valence-electron chi connectivity index (χ0n) is 17.5. The lowest BCUT2D eigenvalue weighted by Gasteiger charge is -2.36. The number of carbonyl (C=O) groups excluding carboxylic acids is 3. The van der Waals surface area contributed by atoms with Gasteiger partial charge in [-0.05, 0) is 35.9 Å². The number of benzene rings is 3. The first kappa shape index (κ1) is 20.1. The molecule has 2 fully saturated rings. The molecule has 0 N–H and O–H groups in total. The van der Waals surface area contributed by atoms with Crippen molar-refractivity contribution in [3.63, 3.8) is 0 Å². The van der Waals surface area contributed by atoms with Crippen molar-refractivity contribution in [3.05, 3.63) is 101 Å². The minimum Gasteiger partial charge on any atom is -0.352 e. The number of anilines is 2. The number of carbonyl (C=O) groups is 3. The van der Waals surface area contributed by atoms with Gasteiger partial charge in [-0.2, -0.15) is 0 Å². The Labute approximate surface area is 199 Å². The van der Waals surface area contributed by atoms with Crippen molar-refractivity contribution in [2.75, 3.05) is 9.80 Å². The van der Waals surface area contributed by atoms with Crippen LogP contribution in [0.2, 0.25) is 0 Å². The predicted molar refractivity (Wildman–Crippen MR) is 130 cm³/mol.